The third kappa shape index (κ3) is 6.79. The lowest BCUT2D eigenvalue weighted by Crippen LogP contribution is -2.30. The molecule has 1 aromatic rings. The normalized spacial score (nSPS) is 9.00. The zero-order valence-electron chi connectivity index (χ0n) is 10.5. The Labute approximate surface area is 121 Å². The summed E-state index contributed by atoms with van der Waals surface area (Å²) in [7, 11) is 0. The molecule has 0 aliphatic carbocycles. The molecule has 0 atom stereocenters. The minimum atomic E-state index is 0. The summed E-state index contributed by atoms with van der Waals surface area (Å²) >= 11 is 0. The maximum Gasteiger partial charge on any atom is 0.222 e. The second-order valence-electron chi connectivity index (χ2n) is 3.62. The van der Waals surface area contributed by atoms with E-state index in [1.54, 1.807) is 11.1 Å². The molecule has 2 N–H and O–H groups in total. The largest absolute Gasteiger partial charge is 0.337 e. The van der Waals surface area contributed by atoms with E-state index in [1.165, 1.54) is 0 Å². The van der Waals surface area contributed by atoms with Crippen molar-refractivity contribution < 1.29 is 4.79 Å². The van der Waals surface area contributed by atoms with Gasteiger partial charge in [0.15, 0.2) is 0 Å². The quantitative estimate of drug-likeness (QED) is 0.873. The van der Waals surface area contributed by atoms with Crippen LogP contribution in [0.5, 0.6) is 0 Å². The number of aromatic nitrogens is 1. The van der Waals surface area contributed by atoms with E-state index in [0.717, 1.165) is 12.1 Å². The van der Waals surface area contributed by atoms with Gasteiger partial charge in [-0.15, -0.1) is 24.8 Å². The highest BCUT2D eigenvalue weighted by molar-refractivity contribution is 5.85. The number of hydrogen-bond acceptors (Lipinski definition) is 3. The van der Waals surface area contributed by atoms with Crippen molar-refractivity contribution in [2.24, 2.45) is 5.73 Å². The van der Waals surface area contributed by atoms with Crippen LogP contribution in [-0.4, -0.2) is 28.9 Å². The van der Waals surface area contributed by atoms with Crippen LogP contribution in [0.3, 0.4) is 0 Å². The molecule has 0 bridgehead atoms. The molecule has 0 aromatic carbocycles. The molecule has 0 fully saturated rings. The first-order valence-corrected chi connectivity index (χ1v) is 5.65. The molecule has 0 saturated carbocycles. The lowest BCUT2D eigenvalue weighted by atomic mass is 10.2. The van der Waals surface area contributed by atoms with Gasteiger partial charge in [-0.25, -0.2) is 0 Å². The first kappa shape index (κ1) is 19.5. The minimum Gasteiger partial charge on any atom is -0.337 e. The first-order valence-electron chi connectivity index (χ1n) is 5.65. The topological polar surface area (TPSA) is 59.2 Å². The number of nitrogens with two attached hydrogens (primary N) is 1. The second-order valence-corrected chi connectivity index (χ2v) is 3.62. The van der Waals surface area contributed by atoms with Crippen LogP contribution in [0.4, 0.5) is 0 Å². The van der Waals surface area contributed by atoms with Crippen molar-refractivity contribution in [3.63, 3.8) is 0 Å². The molecule has 1 aromatic heterocycles. The fourth-order valence-electron chi connectivity index (χ4n) is 1.47. The summed E-state index contributed by atoms with van der Waals surface area (Å²) in [5.41, 5.74) is 6.31. The van der Waals surface area contributed by atoms with E-state index < -0.39 is 0 Å². The van der Waals surface area contributed by atoms with Crippen molar-refractivity contribution in [3.05, 3.63) is 30.1 Å². The zero-order chi connectivity index (χ0) is 11.8. The van der Waals surface area contributed by atoms with Crippen LogP contribution in [0.1, 0.15) is 25.5 Å². The molecular weight excluding hydrogens is 273 g/mol. The van der Waals surface area contributed by atoms with Crippen LogP contribution in [0, 0.1) is 0 Å². The van der Waals surface area contributed by atoms with Gasteiger partial charge in [0, 0.05) is 19.2 Å². The Bertz CT molecular complexity index is 322. The maximum atomic E-state index is 11.8. The molecule has 0 radical (unpaired) electrons. The average Bonchev–Trinajstić information content (AvgIpc) is 2.34. The van der Waals surface area contributed by atoms with Gasteiger partial charge in [-0.3, -0.25) is 9.78 Å². The molecule has 4 nitrogen and oxygen atoms in total. The molecule has 18 heavy (non-hydrogen) atoms. The van der Waals surface area contributed by atoms with E-state index in [4.69, 9.17) is 5.73 Å². The SMILES string of the molecule is CCN(Cc1ccccn1)C(=O)CCCN.Cl.Cl. The molecule has 0 spiro atoms. The van der Waals surface area contributed by atoms with Crippen molar-refractivity contribution in [2.45, 2.75) is 26.3 Å². The zero-order valence-corrected chi connectivity index (χ0v) is 12.2. The summed E-state index contributed by atoms with van der Waals surface area (Å²) in [4.78, 5) is 17.8. The minimum absolute atomic E-state index is 0. The summed E-state index contributed by atoms with van der Waals surface area (Å²) in [6, 6.07) is 5.73. The second kappa shape index (κ2) is 11.3. The van der Waals surface area contributed by atoms with Gasteiger partial charge in [-0.2, -0.15) is 0 Å². The third-order valence-corrected chi connectivity index (χ3v) is 2.41. The number of nitrogens with zero attached hydrogens (tertiary/aromatic N) is 2. The molecule has 104 valence electrons. The van der Waals surface area contributed by atoms with Crippen LogP contribution in [-0.2, 0) is 11.3 Å². The molecule has 1 heterocycles. The number of hydrogen-bond donors (Lipinski definition) is 1. The number of carbonyl (C=O) groups excluding carboxylic acids is 1. The molecule has 0 unspecified atom stereocenters. The highest BCUT2D eigenvalue weighted by Crippen LogP contribution is 2.04. The number of halogens is 2. The molecule has 0 aliphatic heterocycles. The Hall–Kier alpha value is -0.840. The molecule has 1 rings (SSSR count). The number of carbonyl (C=O) groups is 1. The number of rotatable bonds is 6. The summed E-state index contributed by atoms with van der Waals surface area (Å²) in [5, 5.41) is 0. The smallest absolute Gasteiger partial charge is 0.222 e. The van der Waals surface area contributed by atoms with Crippen molar-refractivity contribution >= 4 is 30.7 Å². The maximum absolute atomic E-state index is 11.8. The summed E-state index contributed by atoms with van der Waals surface area (Å²) in [6.07, 6.45) is 3.02. The monoisotopic (exact) mass is 293 g/mol. The summed E-state index contributed by atoms with van der Waals surface area (Å²) in [5.74, 6) is 0.151. The Morgan fingerprint density at radius 3 is 2.61 bits per heavy atom. The van der Waals surface area contributed by atoms with E-state index in [0.29, 0.717) is 26.1 Å². The summed E-state index contributed by atoms with van der Waals surface area (Å²) in [6.45, 7) is 3.83. The van der Waals surface area contributed by atoms with Gasteiger partial charge in [0.2, 0.25) is 5.91 Å². The Morgan fingerprint density at radius 2 is 2.11 bits per heavy atom. The van der Waals surface area contributed by atoms with E-state index in [2.05, 4.69) is 4.98 Å². The van der Waals surface area contributed by atoms with Crippen LogP contribution in [0.2, 0.25) is 0 Å². The number of amides is 1. The third-order valence-electron chi connectivity index (χ3n) is 2.41. The van der Waals surface area contributed by atoms with Crippen molar-refractivity contribution in [1.29, 1.82) is 0 Å². The van der Waals surface area contributed by atoms with Crippen molar-refractivity contribution in [2.75, 3.05) is 13.1 Å². The van der Waals surface area contributed by atoms with Gasteiger partial charge in [0.25, 0.3) is 0 Å². The molecular formula is C12H21Cl2N3O. The Kier molecular flexibility index (Phi) is 12.2. The van der Waals surface area contributed by atoms with Crippen molar-refractivity contribution in [1.82, 2.24) is 9.88 Å². The Morgan fingerprint density at radius 1 is 1.39 bits per heavy atom. The van der Waals surface area contributed by atoms with E-state index in [-0.39, 0.29) is 30.7 Å². The van der Waals surface area contributed by atoms with Gasteiger partial charge >= 0.3 is 0 Å². The highest BCUT2D eigenvalue weighted by Gasteiger charge is 2.11. The van der Waals surface area contributed by atoms with Crippen molar-refractivity contribution in [3.8, 4) is 0 Å². The van der Waals surface area contributed by atoms with E-state index in [9.17, 15) is 4.79 Å². The van der Waals surface area contributed by atoms with E-state index >= 15 is 0 Å². The Balaban J connectivity index is 0. The standard InChI is InChI=1S/C12H19N3O.2ClH/c1-2-15(12(16)7-5-8-13)10-11-6-3-4-9-14-11;;/h3-4,6,9H,2,5,7-8,10,13H2,1H3;2*1H. The fourth-order valence-corrected chi connectivity index (χ4v) is 1.47. The van der Waals surface area contributed by atoms with Crippen LogP contribution < -0.4 is 5.73 Å². The molecule has 0 aliphatic rings. The van der Waals surface area contributed by atoms with Gasteiger partial charge < -0.3 is 10.6 Å². The molecule has 1 amide bonds. The summed E-state index contributed by atoms with van der Waals surface area (Å²) < 4.78 is 0. The lowest BCUT2D eigenvalue weighted by Gasteiger charge is -2.20. The lowest BCUT2D eigenvalue weighted by molar-refractivity contribution is -0.131. The predicted octanol–water partition coefficient (Wildman–Crippen LogP) is 2.01. The predicted molar refractivity (Wildman–Crippen MR) is 78.1 cm³/mol. The van der Waals surface area contributed by atoms with Gasteiger partial charge in [-0.1, -0.05) is 6.07 Å². The molecule has 0 saturated heterocycles. The van der Waals surface area contributed by atoms with Crippen LogP contribution in [0.15, 0.2) is 24.4 Å². The van der Waals surface area contributed by atoms with Crippen LogP contribution in [0.25, 0.3) is 0 Å². The molecule has 6 heteroatoms. The van der Waals surface area contributed by atoms with Crippen LogP contribution >= 0.6 is 24.8 Å². The first-order chi connectivity index (χ1) is 7.77. The number of pyridine rings is 1. The van der Waals surface area contributed by atoms with Gasteiger partial charge in [0.05, 0.1) is 12.2 Å². The fraction of sp³-hybridized carbons (Fsp3) is 0.500. The van der Waals surface area contributed by atoms with Gasteiger partial charge in [0.1, 0.15) is 0 Å². The average molecular weight is 294 g/mol. The van der Waals surface area contributed by atoms with E-state index in [1.807, 2.05) is 25.1 Å². The highest BCUT2D eigenvalue weighted by atomic mass is 35.5. The van der Waals surface area contributed by atoms with Gasteiger partial charge in [-0.05, 0) is 32.0 Å².